The van der Waals surface area contributed by atoms with E-state index in [1.54, 1.807) is 7.11 Å². The molecular weight excluding hydrogens is 477 g/mol. The van der Waals surface area contributed by atoms with E-state index in [1.807, 2.05) is 7.05 Å². The highest BCUT2D eigenvalue weighted by atomic mass is 127. The Hall–Kier alpha value is -0.900. The number of likely N-dealkylation sites (N-methyl/N-ethyl adjacent to an activating group) is 1. The van der Waals surface area contributed by atoms with Crippen LogP contribution in [0.25, 0.3) is 0 Å². The van der Waals surface area contributed by atoms with Crippen molar-refractivity contribution >= 4 is 29.9 Å². The molecule has 0 bridgehead atoms. The van der Waals surface area contributed by atoms with Crippen LogP contribution in [0.1, 0.15) is 38.3 Å². The molecule has 0 aromatic heterocycles. The van der Waals surface area contributed by atoms with E-state index in [4.69, 9.17) is 4.74 Å². The first-order valence-electron chi connectivity index (χ1n) is 10.7. The fraction of sp³-hybridized carbons (Fsp3) is 0.682. The quantitative estimate of drug-likeness (QED) is 0.269. The van der Waals surface area contributed by atoms with Crippen LogP contribution in [-0.2, 0) is 4.74 Å². The molecule has 7 heteroatoms. The molecule has 1 saturated heterocycles. The number of hydrogen-bond acceptors (Lipinski definition) is 4. The first-order valence-corrected chi connectivity index (χ1v) is 10.7. The molecule has 1 heterocycles. The van der Waals surface area contributed by atoms with Gasteiger partial charge in [-0.15, -0.1) is 24.0 Å². The van der Waals surface area contributed by atoms with Crippen LogP contribution in [0.4, 0.5) is 0 Å². The molecule has 1 aromatic carbocycles. The Kier molecular flexibility index (Phi) is 13.5. The number of benzene rings is 1. The molecule has 0 radical (unpaired) electrons. The van der Waals surface area contributed by atoms with E-state index in [9.17, 15) is 0 Å². The lowest BCUT2D eigenvalue weighted by Crippen LogP contribution is -2.47. The van der Waals surface area contributed by atoms with Gasteiger partial charge in [-0.05, 0) is 38.0 Å². The van der Waals surface area contributed by atoms with E-state index >= 15 is 0 Å². The van der Waals surface area contributed by atoms with Gasteiger partial charge in [0.15, 0.2) is 5.96 Å². The zero-order chi connectivity index (χ0) is 20.2. The van der Waals surface area contributed by atoms with E-state index in [0.29, 0.717) is 12.1 Å². The summed E-state index contributed by atoms with van der Waals surface area (Å²) in [6, 6.07) is 11.6. The van der Waals surface area contributed by atoms with Gasteiger partial charge in [-0.25, -0.2) is 0 Å². The maximum atomic E-state index is 5.25. The minimum atomic E-state index is 0. The summed E-state index contributed by atoms with van der Waals surface area (Å²) in [7, 11) is 3.62. The zero-order valence-corrected chi connectivity index (χ0v) is 20.9. The molecule has 0 aliphatic carbocycles. The summed E-state index contributed by atoms with van der Waals surface area (Å²) in [6.45, 7) is 11.2. The minimum Gasteiger partial charge on any atom is -0.383 e. The van der Waals surface area contributed by atoms with Crippen molar-refractivity contribution in [2.45, 2.75) is 38.8 Å². The number of halogens is 1. The van der Waals surface area contributed by atoms with Crippen molar-refractivity contribution in [1.29, 1.82) is 0 Å². The second-order valence-corrected chi connectivity index (χ2v) is 7.31. The molecule has 0 saturated carbocycles. The van der Waals surface area contributed by atoms with Crippen LogP contribution < -0.4 is 10.6 Å². The van der Waals surface area contributed by atoms with Crippen LogP contribution in [0.15, 0.2) is 35.3 Å². The van der Waals surface area contributed by atoms with Gasteiger partial charge in [0.1, 0.15) is 0 Å². The molecule has 1 aliphatic rings. The average Bonchev–Trinajstić information content (AvgIpc) is 3.19. The molecule has 1 aliphatic heterocycles. The fourth-order valence-corrected chi connectivity index (χ4v) is 4.06. The van der Waals surface area contributed by atoms with Crippen molar-refractivity contribution in [2.75, 3.05) is 60.0 Å². The molecular formula is C22H40IN5O. The lowest BCUT2D eigenvalue weighted by Gasteiger charge is -2.31. The van der Waals surface area contributed by atoms with Gasteiger partial charge in [-0.2, -0.15) is 0 Å². The Morgan fingerprint density at radius 2 is 1.97 bits per heavy atom. The van der Waals surface area contributed by atoms with Crippen molar-refractivity contribution in [3.8, 4) is 0 Å². The van der Waals surface area contributed by atoms with Gasteiger partial charge in [0.05, 0.1) is 12.6 Å². The molecule has 1 aromatic rings. The predicted molar refractivity (Wildman–Crippen MR) is 133 cm³/mol. The summed E-state index contributed by atoms with van der Waals surface area (Å²) in [5.74, 6) is 0.881. The average molecular weight is 518 g/mol. The molecule has 2 rings (SSSR count). The van der Waals surface area contributed by atoms with E-state index in [-0.39, 0.29) is 24.0 Å². The monoisotopic (exact) mass is 517 g/mol. The molecule has 29 heavy (non-hydrogen) atoms. The third kappa shape index (κ3) is 8.39. The summed E-state index contributed by atoms with van der Waals surface area (Å²) in [5, 5.41) is 7.09. The molecule has 2 unspecified atom stereocenters. The highest BCUT2D eigenvalue weighted by molar-refractivity contribution is 14.0. The van der Waals surface area contributed by atoms with Crippen molar-refractivity contribution in [1.82, 2.24) is 20.4 Å². The maximum Gasteiger partial charge on any atom is 0.191 e. The normalized spacial score (nSPS) is 18.5. The highest BCUT2D eigenvalue weighted by Gasteiger charge is 2.24. The molecule has 1 fully saturated rings. The third-order valence-electron chi connectivity index (χ3n) is 5.71. The second kappa shape index (κ2) is 15.0. The highest BCUT2D eigenvalue weighted by Crippen LogP contribution is 2.19. The molecule has 2 N–H and O–H groups in total. The molecule has 166 valence electrons. The third-order valence-corrected chi connectivity index (χ3v) is 5.71. The molecule has 2 atom stereocenters. The van der Waals surface area contributed by atoms with Crippen molar-refractivity contribution in [3.05, 3.63) is 35.9 Å². The minimum absolute atomic E-state index is 0. The van der Waals surface area contributed by atoms with E-state index in [0.717, 1.165) is 45.3 Å². The van der Waals surface area contributed by atoms with Gasteiger partial charge < -0.3 is 15.4 Å². The first-order chi connectivity index (χ1) is 13.7. The molecule has 0 amide bonds. The van der Waals surface area contributed by atoms with Crippen molar-refractivity contribution < 1.29 is 4.74 Å². The van der Waals surface area contributed by atoms with Crippen LogP contribution in [0, 0.1) is 0 Å². The van der Waals surface area contributed by atoms with E-state index < -0.39 is 0 Å². The largest absolute Gasteiger partial charge is 0.383 e. The van der Waals surface area contributed by atoms with E-state index in [1.165, 1.54) is 24.9 Å². The number of nitrogens with one attached hydrogen (secondary N) is 2. The molecule has 6 nitrogen and oxygen atoms in total. The number of nitrogens with zero attached hydrogens (tertiary/aromatic N) is 3. The SMILES string of the molecule is CCN(CC)C(CNC(=NC)NCC1CCCN1CCOC)c1ccccc1.I. The summed E-state index contributed by atoms with van der Waals surface area (Å²) in [6.07, 6.45) is 2.50. The lowest BCUT2D eigenvalue weighted by atomic mass is 10.1. The maximum absolute atomic E-state index is 5.25. The number of hydrogen-bond donors (Lipinski definition) is 2. The van der Waals surface area contributed by atoms with Gasteiger partial charge in [0.2, 0.25) is 0 Å². The van der Waals surface area contributed by atoms with Gasteiger partial charge in [0, 0.05) is 39.8 Å². The predicted octanol–water partition coefficient (Wildman–Crippen LogP) is 2.96. The lowest BCUT2D eigenvalue weighted by molar-refractivity contribution is 0.141. The second-order valence-electron chi connectivity index (χ2n) is 7.31. The Bertz CT molecular complexity index is 568. The smallest absolute Gasteiger partial charge is 0.191 e. The Labute approximate surface area is 194 Å². The topological polar surface area (TPSA) is 52.1 Å². The van der Waals surface area contributed by atoms with Crippen LogP contribution in [0.3, 0.4) is 0 Å². The Morgan fingerprint density at radius 3 is 2.59 bits per heavy atom. The first kappa shape index (κ1) is 26.1. The van der Waals surface area contributed by atoms with Gasteiger partial charge in [-0.3, -0.25) is 14.8 Å². The number of guanidine groups is 1. The zero-order valence-electron chi connectivity index (χ0n) is 18.6. The summed E-state index contributed by atoms with van der Waals surface area (Å²) < 4.78 is 5.25. The van der Waals surface area contributed by atoms with Gasteiger partial charge in [-0.1, -0.05) is 44.2 Å². The Balaban J connectivity index is 0.00000420. The van der Waals surface area contributed by atoms with Crippen LogP contribution in [0.2, 0.25) is 0 Å². The van der Waals surface area contributed by atoms with Crippen LogP contribution >= 0.6 is 24.0 Å². The van der Waals surface area contributed by atoms with Gasteiger partial charge >= 0.3 is 0 Å². The number of aliphatic imine (C=N–C) groups is 1. The Morgan fingerprint density at radius 1 is 1.24 bits per heavy atom. The number of rotatable bonds is 11. The number of ether oxygens (including phenoxy) is 1. The van der Waals surface area contributed by atoms with Crippen LogP contribution in [0.5, 0.6) is 0 Å². The summed E-state index contributed by atoms with van der Waals surface area (Å²) in [5.41, 5.74) is 1.34. The standard InChI is InChI=1S/C22H39N5O.HI/c1-5-26(6-2)21(19-11-8-7-9-12-19)18-25-22(23-3)24-17-20-13-10-14-27(20)15-16-28-4;/h7-9,11-12,20-21H,5-6,10,13-18H2,1-4H3,(H2,23,24,25);1H. The summed E-state index contributed by atoms with van der Waals surface area (Å²) in [4.78, 5) is 9.45. The number of likely N-dealkylation sites (tertiary alicyclic amines) is 1. The van der Waals surface area contributed by atoms with Crippen LogP contribution in [-0.4, -0.2) is 81.8 Å². The fourth-order valence-electron chi connectivity index (χ4n) is 4.06. The van der Waals surface area contributed by atoms with Crippen molar-refractivity contribution in [3.63, 3.8) is 0 Å². The number of methoxy groups -OCH3 is 1. The molecule has 0 spiro atoms. The van der Waals surface area contributed by atoms with Gasteiger partial charge in [0.25, 0.3) is 0 Å². The summed E-state index contributed by atoms with van der Waals surface area (Å²) >= 11 is 0. The van der Waals surface area contributed by atoms with E-state index in [2.05, 4.69) is 69.6 Å². The van der Waals surface area contributed by atoms with Crippen molar-refractivity contribution in [2.24, 2.45) is 4.99 Å².